The first-order chi connectivity index (χ1) is 6.01. The molecule has 0 aromatic carbocycles. The van der Waals surface area contributed by atoms with Gasteiger partial charge >= 0.3 is 0 Å². The summed E-state index contributed by atoms with van der Waals surface area (Å²) in [7, 11) is -2.46. The van der Waals surface area contributed by atoms with Gasteiger partial charge in [0.05, 0.1) is 11.2 Å². The molecule has 0 aliphatic rings. The van der Waals surface area contributed by atoms with Gasteiger partial charge in [-0.15, -0.1) is 0 Å². The van der Waals surface area contributed by atoms with Gasteiger partial charge in [0.25, 0.3) is 0 Å². The molecule has 0 aliphatic carbocycles. The molecule has 0 saturated heterocycles. The number of methoxy groups -OCH3 is 1. The van der Waals surface area contributed by atoms with Crippen LogP contribution in [0.2, 0.25) is 0 Å². The number of aryl methyl sites for hydroxylation is 1. The third-order valence-electron chi connectivity index (χ3n) is 0.902. The van der Waals surface area contributed by atoms with Gasteiger partial charge < -0.3 is 4.74 Å². The number of ether oxygens (including phenoxy) is 1. The Kier molecular flexibility index (Phi) is 0.743. The van der Waals surface area contributed by atoms with Crippen LogP contribution >= 0.6 is 0 Å². The van der Waals surface area contributed by atoms with Gasteiger partial charge in [0, 0.05) is 13.6 Å². The van der Waals surface area contributed by atoms with Crippen LogP contribution in [0.25, 0.3) is 0 Å². The number of hydrogen-bond acceptors (Lipinski definition) is 2. The number of nitrogens with zero attached hydrogens (tertiary/aromatic N) is 1. The lowest BCUT2D eigenvalue weighted by atomic mass is 10.3. The summed E-state index contributed by atoms with van der Waals surface area (Å²) in [5.41, 5.74) is 0.720. The zero-order chi connectivity index (χ0) is 9.90. The van der Waals surface area contributed by atoms with E-state index in [4.69, 9.17) is 5.48 Å². The number of aromatic nitrogens is 1. The van der Waals surface area contributed by atoms with Gasteiger partial charge in [0.2, 0.25) is 5.88 Å². The van der Waals surface area contributed by atoms with Crippen molar-refractivity contribution >= 4 is 0 Å². The van der Waals surface area contributed by atoms with Crippen LogP contribution in [-0.2, 0) is 0 Å². The fraction of sp³-hybridized carbons (Fsp3) is 0.286. The van der Waals surface area contributed by atoms with Crippen molar-refractivity contribution in [3.8, 4) is 5.88 Å². The molecule has 2 nitrogen and oxygen atoms in total. The van der Waals surface area contributed by atoms with Crippen LogP contribution in [0.4, 0.5) is 0 Å². The van der Waals surface area contributed by atoms with E-state index in [0.29, 0.717) is 0 Å². The van der Waals surface area contributed by atoms with Crippen molar-refractivity contribution in [3.63, 3.8) is 0 Å². The van der Waals surface area contributed by atoms with Crippen molar-refractivity contribution in [2.45, 2.75) is 6.90 Å². The zero-order valence-electron chi connectivity index (χ0n) is 8.79. The van der Waals surface area contributed by atoms with Crippen LogP contribution in [0.3, 0.4) is 0 Å². The predicted molar refractivity (Wildman–Crippen MR) is 35.5 cm³/mol. The number of pyridine rings is 1. The Labute approximate surface area is 60.1 Å². The second-order valence-corrected chi connectivity index (χ2v) is 1.61. The van der Waals surface area contributed by atoms with Crippen molar-refractivity contribution in [2.24, 2.45) is 0 Å². The molecular weight excluding hydrogens is 114 g/mol. The molecule has 1 heterocycles. The maximum atomic E-state index is 7.00. The highest BCUT2D eigenvalue weighted by molar-refractivity contribution is 5.15. The van der Waals surface area contributed by atoms with E-state index in [-0.39, 0.29) is 12.8 Å². The van der Waals surface area contributed by atoms with Crippen LogP contribution in [0, 0.1) is 6.90 Å². The van der Waals surface area contributed by atoms with Crippen LogP contribution in [0.5, 0.6) is 5.88 Å². The first kappa shape index (κ1) is 2.69. The molecule has 0 bridgehead atoms. The van der Waals surface area contributed by atoms with Gasteiger partial charge in [-0.25, -0.2) is 4.98 Å². The maximum Gasteiger partial charge on any atom is 0.212 e. The van der Waals surface area contributed by atoms with Crippen molar-refractivity contribution < 1.29 is 10.2 Å². The minimum Gasteiger partial charge on any atom is -0.481 e. The van der Waals surface area contributed by atoms with Gasteiger partial charge in [-0.1, -0.05) is 6.07 Å². The van der Waals surface area contributed by atoms with E-state index in [0.717, 1.165) is 5.56 Å². The predicted octanol–water partition coefficient (Wildman–Crippen LogP) is 1.40. The van der Waals surface area contributed by atoms with E-state index in [9.17, 15) is 0 Å². The summed E-state index contributed by atoms with van der Waals surface area (Å²) in [6.07, 6.45) is 1.42. The lowest BCUT2D eigenvalue weighted by Gasteiger charge is -1.95. The standard InChI is InChI=1S/C7H9NO/c1-6-3-4-7(9-2)8-5-6/h3-5H,1-2H3/i1D,2D3. The van der Waals surface area contributed by atoms with Crippen LogP contribution < -0.4 is 4.74 Å². The van der Waals surface area contributed by atoms with E-state index in [1.54, 1.807) is 6.07 Å². The number of rotatable bonds is 1. The maximum absolute atomic E-state index is 7.00. The summed E-state index contributed by atoms with van der Waals surface area (Å²) in [5.74, 6) is 0.0530. The van der Waals surface area contributed by atoms with Crippen LogP contribution in [-0.4, -0.2) is 12.0 Å². The van der Waals surface area contributed by atoms with Gasteiger partial charge in [0.1, 0.15) is 0 Å². The normalized spacial score (nSPS) is 16.9. The molecule has 1 rings (SSSR count). The summed E-state index contributed by atoms with van der Waals surface area (Å²) < 4.78 is 31.9. The highest BCUT2D eigenvalue weighted by Crippen LogP contribution is 2.04. The first-order valence-corrected chi connectivity index (χ1v) is 2.44. The smallest absolute Gasteiger partial charge is 0.212 e. The molecule has 9 heavy (non-hydrogen) atoms. The van der Waals surface area contributed by atoms with Gasteiger partial charge in [-0.3, -0.25) is 0 Å². The molecule has 0 N–H and O–H groups in total. The summed E-state index contributed by atoms with van der Waals surface area (Å²) in [6.45, 7) is 0.126. The minimum absolute atomic E-state index is 0.0530. The second kappa shape index (κ2) is 2.49. The molecule has 0 atom stereocenters. The number of hydrogen-bond donors (Lipinski definition) is 0. The van der Waals surface area contributed by atoms with Crippen molar-refractivity contribution in [3.05, 3.63) is 23.9 Å². The molecule has 48 valence electrons. The molecule has 1 aromatic rings. The largest absolute Gasteiger partial charge is 0.481 e. The molecule has 0 spiro atoms. The van der Waals surface area contributed by atoms with E-state index in [2.05, 4.69) is 9.72 Å². The quantitative estimate of drug-likeness (QED) is 0.569. The molecule has 0 radical (unpaired) electrons. The van der Waals surface area contributed by atoms with Crippen LogP contribution in [0.1, 0.15) is 11.0 Å². The Morgan fingerprint density at radius 3 is 3.22 bits per heavy atom. The van der Waals surface area contributed by atoms with E-state index in [1.807, 2.05) is 0 Å². The average molecular weight is 127 g/mol. The summed E-state index contributed by atoms with van der Waals surface area (Å²) >= 11 is 0. The van der Waals surface area contributed by atoms with Gasteiger partial charge in [0.15, 0.2) is 0 Å². The Balaban J connectivity index is 2.70. The molecule has 0 fully saturated rings. The molecule has 0 saturated carbocycles. The van der Waals surface area contributed by atoms with E-state index >= 15 is 0 Å². The first-order valence-electron chi connectivity index (χ1n) is 4.65. The third-order valence-corrected chi connectivity index (χ3v) is 0.902. The highest BCUT2D eigenvalue weighted by atomic mass is 16.5. The lowest BCUT2D eigenvalue weighted by Crippen LogP contribution is -1.85. The highest BCUT2D eigenvalue weighted by Gasteiger charge is 1.87. The van der Waals surface area contributed by atoms with Gasteiger partial charge in [-0.05, 0) is 12.5 Å². The van der Waals surface area contributed by atoms with E-state index in [1.165, 1.54) is 12.3 Å². The fourth-order valence-corrected chi connectivity index (χ4v) is 0.471. The Morgan fingerprint density at radius 1 is 1.67 bits per heavy atom. The Hall–Kier alpha value is -1.05. The van der Waals surface area contributed by atoms with E-state index < -0.39 is 7.04 Å². The lowest BCUT2D eigenvalue weighted by molar-refractivity contribution is 0.397. The Morgan fingerprint density at radius 2 is 2.67 bits per heavy atom. The van der Waals surface area contributed by atoms with Crippen LogP contribution in [0.15, 0.2) is 18.3 Å². The molecule has 2 heteroatoms. The molecule has 0 aliphatic heterocycles. The summed E-state index contributed by atoms with van der Waals surface area (Å²) in [6, 6.07) is 3.05. The van der Waals surface area contributed by atoms with Crippen molar-refractivity contribution in [2.75, 3.05) is 7.04 Å². The summed E-state index contributed by atoms with van der Waals surface area (Å²) in [4.78, 5) is 3.73. The molecule has 1 aromatic heterocycles. The zero-order valence-corrected chi connectivity index (χ0v) is 4.79. The molecule has 0 unspecified atom stereocenters. The second-order valence-electron chi connectivity index (χ2n) is 1.61. The average Bonchev–Trinajstić information content (AvgIpc) is 2.03. The SMILES string of the molecule is [2H]Cc1ccc(OC([2H])([2H])[2H])nc1. The molecular formula is C7H9NO. The topological polar surface area (TPSA) is 22.1 Å². The molecule has 0 amide bonds. The third kappa shape index (κ3) is 1.42. The summed E-state index contributed by atoms with van der Waals surface area (Å²) in [5, 5.41) is 0. The monoisotopic (exact) mass is 127 g/mol. The van der Waals surface area contributed by atoms with Gasteiger partial charge in [-0.2, -0.15) is 0 Å². The fourth-order valence-electron chi connectivity index (χ4n) is 0.471. The van der Waals surface area contributed by atoms with Crippen molar-refractivity contribution in [1.29, 1.82) is 0 Å². The minimum atomic E-state index is -2.46. The Bertz CT molecular complexity index is 269. The van der Waals surface area contributed by atoms with Crippen molar-refractivity contribution in [1.82, 2.24) is 4.98 Å².